The topological polar surface area (TPSA) is 129 Å². The van der Waals surface area contributed by atoms with Crippen LogP contribution in [0.2, 0.25) is 0 Å². The summed E-state index contributed by atoms with van der Waals surface area (Å²) in [5, 5.41) is 22.4. The van der Waals surface area contributed by atoms with Crippen LogP contribution in [0.3, 0.4) is 0 Å². The van der Waals surface area contributed by atoms with Crippen LogP contribution < -0.4 is 5.32 Å². The van der Waals surface area contributed by atoms with Gasteiger partial charge in [0.15, 0.2) is 11.5 Å². The van der Waals surface area contributed by atoms with E-state index in [1.807, 2.05) is 18.4 Å². The molecule has 2 aromatic heterocycles. The zero-order valence-corrected chi connectivity index (χ0v) is 17.1. The number of amides is 1. The molecule has 1 N–H and O–H groups in total. The number of fused-ring (bicyclic) bond motifs is 1. The van der Waals surface area contributed by atoms with Gasteiger partial charge in [-0.3, -0.25) is 19.3 Å². The SMILES string of the molecule is COC(=O)c1cc(C(=O)N[C@H](CCSC)c2nnc3ccccn23)cc([N+](=O)[O-])c1. The molecular weight excluding hydrogens is 410 g/mol. The highest BCUT2D eigenvalue weighted by molar-refractivity contribution is 7.98. The van der Waals surface area contributed by atoms with Crippen LogP contribution in [0.4, 0.5) is 5.69 Å². The number of thioether (sulfide) groups is 1. The van der Waals surface area contributed by atoms with E-state index in [2.05, 4.69) is 20.3 Å². The summed E-state index contributed by atoms with van der Waals surface area (Å²) in [5.41, 5.74) is 0.161. The number of rotatable bonds is 8. The number of ether oxygens (including phenoxy) is 1. The number of carbonyl (C=O) groups is 2. The largest absolute Gasteiger partial charge is 0.465 e. The maximum atomic E-state index is 12.9. The average molecular weight is 429 g/mol. The number of hydrogen-bond donors (Lipinski definition) is 1. The van der Waals surface area contributed by atoms with E-state index < -0.39 is 22.8 Å². The monoisotopic (exact) mass is 429 g/mol. The van der Waals surface area contributed by atoms with E-state index in [0.717, 1.165) is 25.0 Å². The van der Waals surface area contributed by atoms with Gasteiger partial charge >= 0.3 is 5.97 Å². The van der Waals surface area contributed by atoms with E-state index in [-0.39, 0.29) is 16.8 Å². The number of pyridine rings is 1. The number of non-ortho nitro benzene ring substituents is 1. The first kappa shape index (κ1) is 21.2. The molecule has 1 amide bonds. The Kier molecular flexibility index (Phi) is 6.62. The van der Waals surface area contributed by atoms with E-state index in [4.69, 9.17) is 0 Å². The van der Waals surface area contributed by atoms with Crippen molar-refractivity contribution in [2.24, 2.45) is 0 Å². The van der Waals surface area contributed by atoms with Crippen molar-refractivity contribution in [3.63, 3.8) is 0 Å². The van der Waals surface area contributed by atoms with E-state index in [0.29, 0.717) is 17.9 Å². The smallest absolute Gasteiger partial charge is 0.338 e. The summed E-state index contributed by atoms with van der Waals surface area (Å²) in [6, 6.07) is 8.43. The molecule has 0 saturated carbocycles. The standard InChI is InChI=1S/C19H19N5O5S/c1-29-19(26)13-9-12(10-14(11-13)24(27)28)18(25)20-15(6-8-30-2)17-22-21-16-5-3-4-7-23(16)17/h3-5,7,9-11,15H,6,8H2,1-2H3,(H,20,25)/t15-/m1/s1. The first-order valence-electron chi connectivity index (χ1n) is 8.92. The summed E-state index contributed by atoms with van der Waals surface area (Å²) in [5.74, 6) is -0.0425. The van der Waals surface area contributed by atoms with E-state index in [1.165, 1.54) is 6.07 Å². The van der Waals surface area contributed by atoms with Crippen LogP contribution >= 0.6 is 11.8 Å². The lowest BCUT2D eigenvalue weighted by atomic mass is 10.1. The molecule has 0 aliphatic rings. The lowest BCUT2D eigenvalue weighted by Gasteiger charge is -2.17. The van der Waals surface area contributed by atoms with Crippen molar-refractivity contribution >= 4 is 35.0 Å². The third-order valence-electron chi connectivity index (χ3n) is 4.38. The minimum atomic E-state index is -0.768. The number of esters is 1. The van der Waals surface area contributed by atoms with Gasteiger partial charge in [-0.25, -0.2) is 4.79 Å². The highest BCUT2D eigenvalue weighted by Gasteiger charge is 2.23. The molecule has 0 fully saturated rings. The van der Waals surface area contributed by atoms with Crippen molar-refractivity contribution in [3.05, 3.63) is 69.7 Å². The first-order chi connectivity index (χ1) is 14.4. The molecule has 0 aliphatic heterocycles. The molecule has 0 bridgehead atoms. The minimum Gasteiger partial charge on any atom is -0.465 e. The normalized spacial score (nSPS) is 11.8. The zero-order chi connectivity index (χ0) is 21.7. The van der Waals surface area contributed by atoms with Crippen molar-refractivity contribution in [2.45, 2.75) is 12.5 Å². The predicted octanol–water partition coefficient (Wildman–Crippen LogP) is 2.65. The Bertz CT molecular complexity index is 1100. The van der Waals surface area contributed by atoms with Gasteiger partial charge in [0.25, 0.3) is 11.6 Å². The summed E-state index contributed by atoms with van der Waals surface area (Å²) in [4.78, 5) is 35.4. The lowest BCUT2D eigenvalue weighted by molar-refractivity contribution is -0.384. The third-order valence-corrected chi connectivity index (χ3v) is 5.02. The number of carbonyl (C=O) groups excluding carboxylic acids is 2. The molecule has 1 aromatic carbocycles. The van der Waals surface area contributed by atoms with Gasteiger partial charge in [0.1, 0.15) is 0 Å². The van der Waals surface area contributed by atoms with Gasteiger partial charge in [-0.1, -0.05) is 6.07 Å². The fraction of sp³-hybridized carbons (Fsp3) is 0.263. The van der Waals surface area contributed by atoms with Crippen LogP contribution in [0.25, 0.3) is 5.65 Å². The molecule has 0 aliphatic carbocycles. The fourth-order valence-corrected chi connectivity index (χ4v) is 3.40. The number of benzene rings is 1. The second-order valence-electron chi connectivity index (χ2n) is 6.31. The molecule has 0 unspecified atom stereocenters. The Morgan fingerprint density at radius 1 is 1.27 bits per heavy atom. The zero-order valence-electron chi connectivity index (χ0n) is 16.3. The second kappa shape index (κ2) is 9.35. The maximum Gasteiger partial charge on any atom is 0.338 e. The van der Waals surface area contributed by atoms with E-state index in [9.17, 15) is 19.7 Å². The van der Waals surface area contributed by atoms with Crippen LogP contribution in [0.15, 0.2) is 42.6 Å². The molecule has 0 spiro atoms. The summed E-state index contributed by atoms with van der Waals surface area (Å²) < 4.78 is 6.41. The van der Waals surface area contributed by atoms with Crippen LogP contribution in [0.5, 0.6) is 0 Å². The highest BCUT2D eigenvalue weighted by Crippen LogP contribution is 2.22. The molecule has 156 valence electrons. The molecule has 3 rings (SSSR count). The fourth-order valence-electron chi connectivity index (χ4n) is 2.92. The number of nitro benzene ring substituents is 1. The van der Waals surface area contributed by atoms with Crippen LogP contribution in [-0.2, 0) is 4.74 Å². The second-order valence-corrected chi connectivity index (χ2v) is 7.30. The average Bonchev–Trinajstić information content (AvgIpc) is 3.19. The number of aromatic nitrogens is 3. The van der Waals surface area contributed by atoms with Gasteiger partial charge < -0.3 is 10.1 Å². The maximum absolute atomic E-state index is 12.9. The van der Waals surface area contributed by atoms with Crippen LogP contribution in [0.1, 0.15) is 39.0 Å². The quantitative estimate of drug-likeness (QED) is 0.329. The first-order valence-corrected chi connectivity index (χ1v) is 10.3. The van der Waals surface area contributed by atoms with E-state index >= 15 is 0 Å². The highest BCUT2D eigenvalue weighted by atomic mass is 32.2. The molecule has 0 saturated heterocycles. The van der Waals surface area contributed by atoms with Crippen molar-refractivity contribution in [3.8, 4) is 0 Å². The molecule has 1 atom stereocenters. The summed E-state index contributed by atoms with van der Waals surface area (Å²) in [6.07, 6.45) is 4.32. The Balaban J connectivity index is 1.95. The Morgan fingerprint density at radius 2 is 2.03 bits per heavy atom. The molecule has 30 heavy (non-hydrogen) atoms. The molecule has 2 heterocycles. The predicted molar refractivity (Wildman–Crippen MR) is 111 cm³/mol. The van der Waals surface area contributed by atoms with Gasteiger partial charge in [0.05, 0.1) is 23.6 Å². The Hall–Kier alpha value is -3.47. The number of nitro groups is 1. The minimum absolute atomic E-state index is 0.0208. The van der Waals surface area contributed by atoms with Gasteiger partial charge in [0, 0.05) is 23.9 Å². The number of methoxy groups -OCH3 is 1. The third kappa shape index (κ3) is 4.57. The Morgan fingerprint density at radius 3 is 2.73 bits per heavy atom. The lowest BCUT2D eigenvalue weighted by Crippen LogP contribution is -2.30. The molecular formula is C19H19N5O5S. The van der Waals surface area contributed by atoms with Crippen molar-refractivity contribution in [1.82, 2.24) is 19.9 Å². The summed E-state index contributed by atoms with van der Waals surface area (Å²) in [7, 11) is 1.16. The summed E-state index contributed by atoms with van der Waals surface area (Å²) in [6.45, 7) is 0. The summed E-state index contributed by atoms with van der Waals surface area (Å²) >= 11 is 1.61. The van der Waals surface area contributed by atoms with Gasteiger partial charge in [0.2, 0.25) is 0 Å². The van der Waals surface area contributed by atoms with Gasteiger partial charge in [-0.05, 0) is 36.6 Å². The molecule has 11 heteroatoms. The number of hydrogen-bond acceptors (Lipinski definition) is 8. The van der Waals surface area contributed by atoms with Crippen LogP contribution in [-0.4, -0.2) is 50.5 Å². The van der Waals surface area contributed by atoms with E-state index in [1.54, 1.807) is 28.4 Å². The molecule has 0 radical (unpaired) electrons. The van der Waals surface area contributed by atoms with Gasteiger partial charge in [-0.15, -0.1) is 10.2 Å². The number of nitrogens with one attached hydrogen (secondary N) is 1. The molecule has 10 nitrogen and oxygen atoms in total. The van der Waals surface area contributed by atoms with Crippen molar-refractivity contribution in [2.75, 3.05) is 19.1 Å². The Labute approximate surface area is 175 Å². The van der Waals surface area contributed by atoms with Crippen molar-refractivity contribution < 1.29 is 19.2 Å². The molecule has 3 aromatic rings. The van der Waals surface area contributed by atoms with Gasteiger partial charge in [-0.2, -0.15) is 11.8 Å². The number of nitrogens with zero attached hydrogens (tertiary/aromatic N) is 4. The van der Waals surface area contributed by atoms with Crippen molar-refractivity contribution in [1.29, 1.82) is 0 Å². The van der Waals surface area contributed by atoms with Crippen LogP contribution in [0, 0.1) is 10.1 Å².